The molecule has 1 saturated carbocycles. The second-order valence-electron chi connectivity index (χ2n) is 9.62. The van der Waals surface area contributed by atoms with Crippen LogP contribution in [-0.2, 0) is 29.0 Å². The lowest BCUT2D eigenvalue weighted by Gasteiger charge is -2.33. The van der Waals surface area contributed by atoms with E-state index in [2.05, 4.69) is 5.32 Å². The first-order valence-electron chi connectivity index (χ1n) is 12.5. The number of hydrogen-bond acceptors (Lipinski definition) is 2. The number of nitrogens with one attached hydrogen (secondary N) is 1. The van der Waals surface area contributed by atoms with Crippen LogP contribution in [0.1, 0.15) is 47.9 Å². The summed E-state index contributed by atoms with van der Waals surface area (Å²) < 4.78 is 0. The fraction of sp³-hybridized carbons (Fsp3) is 0.333. The zero-order valence-electron chi connectivity index (χ0n) is 20.6. The molecule has 1 fully saturated rings. The van der Waals surface area contributed by atoms with Gasteiger partial charge in [-0.2, -0.15) is 0 Å². The highest BCUT2D eigenvalue weighted by atomic mass is 35.5. The molecule has 1 N–H and O–H groups in total. The Kier molecular flexibility index (Phi) is 9.06. The highest BCUT2D eigenvalue weighted by Crippen LogP contribution is 2.25. The molecule has 0 saturated heterocycles. The van der Waals surface area contributed by atoms with E-state index in [-0.39, 0.29) is 30.8 Å². The van der Waals surface area contributed by atoms with E-state index < -0.39 is 6.04 Å². The molecular weight excluding hydrogens is 491 g/mol. The molecule has 6 heteroatoms. The molecule has 4 rings (SSSR count). The van der Waals surface area contributed by atoms with Gasteiger partial charge < -0.3 is 10.2 Å². The van der Waals surface area contributed by atoms with E-state index in [0.717, 1.165) is 47.9 Å². The van der Waals surface area contributed by atoms with Crippen molar-refractivity contribution in [1.82, 2.24) is 10.2 Å². The smallest absolute Gasteiger partial charge is 0.243 e. The number of nitrogens with zero attached hydrogens (tertiary/aromatic N) is 1. The summed E-state index contributed by atoms with van der Waals surface area (Å²) in [6.45, 7) is 2.22. The number of rotatable bonds is 9. The molecule has 3 aromatic rings. The molecule has 0 radical (unpaired) electrons. The van der Waals surface area contributed by atoms with Crippen molar-refractivity contribution in [3.05, 3.63) is 105 Å². The molecule has 1 aliphatic carbocycles. The van der Waals surface area contributed by atoms with E-state index in [9.17, 15) is 9.59 Å². The van der Waals surface area contributed by atoms with Crippen molar-refractivity contribution in [3.8, 4) is 0 Å². The van der Waals surface area contributed by atoms with E-state index in [4.69, 9.17) is 23.2 Å². The second-order valence-corrected chi connectivity index (χ2v) is 10.5. The molecule has 0 heterocycles. The molecule has 0 bridgehead atoms. The predicted octanol–water partition coefficient (Wildman–Crippen LogP) is 6.54. The van der Waals surface area contributed by atoms with E-state index in [1.54, 1.807) is 17.0 Å². The Bertz CT molecular complexity index is 1190. The Labute approximate surface area is 223 Å². The van der Waals surface area contributed by atoms with Gasteiger partial charge >= 0.3 is 0 Å². The van der Waals surface area contributed by atoms with Crippen LogP contribution < -0.4 is 5.32 Å². The summed E-state index contributed by atoms with van der Waals surface area (Å²) in [5.74, 6) is -0.234. The van der Waals surface area contributed by atoms with E-state index in [1.807, 2.05) is 67.6 Å². The number of carbonyl (C=O) groups excluding carboxylic acids is 2. The third kappa shape index (κ3) is 7.11. The molecule has 2 amide bonds. The maximum absolute atomic E-state index is 13.9. The lowest BCUT2D eigenvalue weighted by molar-refractivity contribution is -0.141. The summed E-state index contributed by atoms with van der Waals surface area (Å²) in [6.07, 6.45) is 4.81. The normalized spacial score (nSPS) is 14.4. The molecule has 0 spiro atoms. The minimum atomic E-state index is -0.669. The third-order valence-electron chi connectivity index (χ3n) is 6.77. The largest absolute Gasteiger partial charge is 0.352 e. The minimum absolute atomic E-state index is 0.117. The van der Waals surface area contributed by atoms with Crippen LogP contribution in [0.4, 0.5) is 0 Å². The van der Waals surface area contributed by atoms with Gasteiger partial charge in [0, 0.05) is 29.1 Å². The van der Waals surface area contributed by atoms with Crippen molar-refractivity contribution in [2.75, 3.05) is 0 Å². The first kappa shape index (κ1) is 26.2. The highest BCUT2D eigenvalue weighted by Gasteiger charge is 2.32. The molecule has 36 heavy (non-hydrogen) atoms. The second kappa shape index (κ2) is 12.4. The molecule has 0 aromatic heterocycles. The molecule has 1 atom stereocenters. The van der Waals surface area contributed by atoms with Gasteiger partial charge in [0.1, 0.15) is 6.04 Å². The number of aryl methyl sites for hydroxylation is 1. The Balaban J connectivity index is 1.68. The third-order valence-corrected chi connectivity index (χ3v) is 7.35. The van der Waals surface area contributed by atoms with Crippen LogP contribution in [0.15, 0.2) is 72.8 Å². The molecule has 0 aliphatic heterocycles. The standard InChI is InChI=1S/C30H32Cl2N2O2/c1-21-8-7-11-23(16-21)18-29(35)34(20-24-14-15-25(31)19-27(24)32)28(17-22-9-3-2-4-10-22)30(36)33-26-12-5-6-13-26/h2-4,7-11,14-16,19,26,28H,5-6,12-13,17-18,20H2,1H3,(H,33,36). The summed E-state index contributed by atoms with van der Waals surface area (Å²) in [6, 6.07) is 22.5. The zero-order valence-corrected chi connectivity index (χ0v) is 22.1. The number of halogens is 2. The Morgan fingerprint density at radius 2 is 1.67 bits per heavy atom. The van der Waals surface area contributed by atoms with Crippen molar-refractivity contribution in [2.24, 2.45) is 0 Å². The van der Waals surface area contributed by atoms with Gasteiger partial charge in [0.05, 0.1) is 6.42 Å². The van der Waals surface area contributed by atoms with Gasteiger partial charge in [-0.25, -0.2) is 0 Å². The highest BCUT2D eigenvalue weighted by molar-refractivity contribution is 6.35. The minimum Gasteiger partial charge on any atom is -0.352 e. The molecule has 1 aliphatic rings. The van der Waals surface area contributed by atoms with Gasteiger partial charge in [0.15, 0.2) is 0 Å². The molecular formula is C30H32Cl2N2O2. The van der Waals surface area contributed by atoms with Gasteiger partial charge in [-0.1, -0.05) is 102 Å². The maximum atomic E-state index is 13.9. The SMILES string of the molecule is Cc1cccc(CC(=O)N(Cc2ccc(Cl)cc2Cl)C(Cc2ccccc2)C(=O)NC2CCCC2)c1. The Morgan fingerprint density at radius 1 is 0.944 bits per heavy atom. The summed E-state index contributed by atoms with van der Waals surface area (Å²) >= 11 is 12.6. The van der Waals surface area contributed by atoms with Crippen LogP contribution in [0.2, 0.25) is 10.0 Å². The van der Waals surface area contributed by atoms with Crippen LogP contribution in [0.5, 0.6) is 0 Å². The van der Waals surface area contributed by atoms with Crippen LogP contribution in [0.3, 0.4) is 0 Å². The lowest BCUT2D eigenvalue weighted by Crippen LogP contribution is -2.52. The fourth-order valence-electron chi connectivity index (χ4n) is 4.85. The van der Waals surface area contributed by atoms with Crippen molar-refractivity contribution in [1.29, 1.82) is 0 Å². The number of carbonyl (C=O) groups is 2. The van der Waals surface area contributed by atoms with E-state index in [1.165, 1.54) is 0 Å². The molecule has 188 valence electrons. The van der Waals surface area contributed by atoms with E-state index >= 15 is 0 Å². The van der Waals surface area contributed by atoms with Gasteiger partial charge in [-0.3, -0.25) is 9.59 Å². The number of amides is 2. The number of benzene rings is 3. The van der Waals surface area contributed by atoms with Crippen molar-refractivity contribution in [2.45, 2.75) is 64.1 Å². The Hall–Kier alpha value is -2.82. The summed E-state index contributed by atoms with van der Waals surface area (Å²) in [7, 11) is 0. The fourth-order valence-corrected chi connectivity index (χ4v) is 5.32. The van der Waals surface area contributed by atoms with Gasteiger partial charge in [0.25, 0.3) is 0 Å². The lowest BCUT2D eigenvalue weighted by atomic mass is 10.0. The maximum Gasteiger partial charge on any atom is 0.243 e. The first-order chi connectivity index (χ1) is 17.4. The first-order valence-corrected chi connectivity index (χ1v) is 13.3. The van der Waals surface area contributed by atoms with Gasteiger partial charge in [0.2, 0.25) is 11.8 Å². The quantitative estimate of drug-likeness (QED) is 0.346. The molecule has 1 unspecified atom stereocenters. The van der Waals surface area contributed by atoms with Crippen LogP contribution >= 0.6 is 23.2 Å². The Morgan fingerprint density at radius 3 is 2.36 bits per heavy atom. The summed E-state index contributed by atoms with van der Waals surface area (Å²) in [4.78, 5) is 29.3. The number of hydrogen-bond donors (Lipinski definition) is 1. The van der Waals surface area contributed by atoms with Crippen LogP contribution in [0, 0.1) is 6.92 Å². The van der Waals surface area contributed by atoms with E-state index in [0.29, 0.717) is 16.5 Å². The average Bonchev–Trinajstić information content (AvgIpc) is 3.36. The topological polar surface area (TPSA) is 49.4 Å². The van der Waals surface area contributed by atoms with Crippen molar-refractivity contribution >= 4 is 35.0 Å². The monoisotopic (exact) mass is 522 g/mol. The summed E-state index contributed by atoms with van der Waals surface area (Å²) in [5.41, 5.74) is 3.76. The zero-order chi connectivity index (χ0) is 25.5. The van der Waals surface area contributed by atoms with Gasteiger partial charge in [-0.15, -0.1) is 0 Å². The summed E-state index contributed by atoms with van der Waals surface area (Å²) in [5, 5.41) is 4.24. The molecule has 3 aromatic carbocycles. The van der Waals surface area contributed by atoms with Crippen LogP contribution in [0.25, 0.3) is 0 Å². The van der Waals surface area contributed by atoms with Crippen molar-refractivity contribution < 1.29 is 9.59 Å². The van der Waals surface area contributed by atoms with Crippen LogP contribution in [-0.4, -0.2) is 28.8 Å². The molecule has 4 nitrogen and oxygen atoms in total. The predicted molar refractivity (Wildman–Crippen MR) is 146 cm³/mol. The average molecular weight is 524 g/mol. The van der Waals surface area contributed by atoms with Gasteiger partial charge in [-0.05, 0) is 48.6 Å². The van der Waals surface area contributed by atoms with Crippen molar-refractivity contribution in [3.63, 3.8) is 0 Å².